The van der Waals surface area contributed by atoms with Crippen molar-refractivity contribution in [3.05, 3.63) is 131 Å². The highest BCUT2D eigenvalue weighted by Gasteiger charge is 2.49. The van der Waals surface area contributed by atoms with E-state index in [1.807, 2.05) is 118 Å². The van der Waals surface area contributed by atoms with Crippen molar-refractivity contribution >= 4 is 29.7 Å². The van der Waals surface area contributed by atoms with E-state index in [0.29, 0.717) is 23.6 Å². The Hall–Kier alpha value is -4.80. The molecule has 0 saturated carbocycles. The van der Waals surface area contributed by atoms with Crippen molar-refractivity contribution in [1.29, 1.82) is 0 Å². The van der Waals surface area contributed by atoms with Crippen LogP contribution in [0.25, 0.3) is 0 Å². The minimum absolute atomic E-state index is 0.0555. The normalized spacial score (nSPS) is 16.4. The Morgan fingerprint density at radius 3 is 2.27 bits per heavy atom. The van der Waals surface area contributed by atoms with Gasteiger partial charge < -0.3 is 30.1 Å². The fraction of sp³-hybridized carbons (Fsp3) is 0.289. The molecule has 4 aromatic carbocycles. The summed E-state index contributed by atoms with van der Waals surface area (Å²) < 4.78 is 10.8. The number of aliphatic hydroxyl groups excluding tert-OH is 1. The van der Waals surface area contributed by atoms with Crippen LogP contribution in [0, 0.1) is 6.92 Å². The number of alkyl carbamates (subject to hydrolysis) is 1. The first-order valence-corrected chi connectivity index (χ1v) is 16.8. The molecule has 3 N–H and O–H groups in total. The third kappa shape index (κ3) is 8.96. The van der Waals surface area contributed by atoms with Crippen LogP contribution in [0.5, 0.6) is 11.5 Å². The first-order valence-electron chi connectivity index (χ1n) is 15.8. The molecule has 250 valence electrons. The third-order valence-corrected chi connectivity index (χ3v) is 9.65. The molecular formula is C38H41N3O6S. The van der Waals surface area contributed by atoms with E-state index >= 15 is 0 Å². The SMILES string of the molecule is Cc1ccccc1CNC(=O)[C@H]1N(C(=O)[C@@H](O)[C@H](Cc2ccccc2)NC(=O)OCc2cccc(Oc3ccccc3)c2)CSC1(C)C. The summed E-state index contributed by atoms with van der Waals surface area (Å²) in [4.78, 5) is 42.0. The fourth-order valence-electron chi connectivity index (χ4n) is 5.62. The molecule has 0 bridgehead atoms. The largest absolute Gasteiger partial charge is 0.457 e. The Morgan fingerprint density at radius 2 is 1.54 bits per heavy atom. The van der Waals surface area contributed by atoms with Gasteiger partial charge in [-0.3, -0.25) is 9.59 Å². The standard InChI is InChI=1S/C38H41N3O6S/c1-26-13-10-11-17-29(26)23-39-35(43)34-38(2,3)48-25-41(34)36(44)33(42)32(22-27-14-6-4-7-15-27)40-37(45)46-24-28-16-12-20-31(21-28)47-30-18-8-5-9-19-30/h4-21,32-34,42H,22-25H2,1-3H3,(H,39,43)(H,40,45)/t32-,33-,34+/m0/s1. The molecule has 5 rings (SSSR count). The maximum atomic E-state index is 13.9. The summed E-state index contributed by atoms with van der Waals surface area (Å²) in [5, 5.41) is 17.2. The number of benzene rings is 4. The summed E-state index contributed by atoms with van der Waals surface area (Å²) in [6.07, 6.45) is -2.26. The van der Waals surface area contributed by atoms with Gasteiger partial charge in [-0.25, -0.2) is 4.79 Å². The highest BCUT2D eigenvalue weighted by atomic mass is 32.2. The summed E-state index contributed by atoms with van der Waals surface area (Å²) in [7, 11) is 0. The Balaban J connectivity index is 1.26. The average Bonchev–Trinajstić information content (AvgIpc) is 3.41. The lowest BCUT2D eigenvalue weighted by atomic mass is 9.97. The summed E-state index contributed by atoms with van der Waals surface area (Å²) in [6.45, 7) is 6.06. The summed E-state index contributed by atoms with van der Waals surface area (Å²) >= 11 is 1.46. The van der Waals surface area contributed by atoms with E-state index in [1.54, 1.807) is 12.1 Å². The van der Waals surface area contributed by atoms with Gasteiger partial charge in [-0.2, -0.15) is 0 Å². The molecule has 1 heterocycles. The van der Waals surface area contributed by atoms with Gasteiger partial charge in [0.2, 0.25) is 5.91 Å². The van der Waals surface area contributed by atoms with E-state index in [9.17, 15) is 19.5 Å². The molecule has 1 aliphatic heterocycles. The van der Waals surface area contributed by atoms with Crippen LogP contribution in [0.2, 0.25) is 0 Å². The Bertz CT molecular complexity index is 1700. The van der Waals surface area contributed by atoms with E-state index in [1.165, 1.54) is 16.7 Å². The molecule has 48 heavy (non-hydrogen) atoms. The van der Waals surface area contributed by atoms with Gasteiger partial charge in [0.05, 0.1) is 11.9 Å². The lowest BCUT2D eigenvalue weighted by Gasteiger charge is -2.33. The van der Waals surface area contributed by atoms with Gasteiger partial charge >= 0.3 is 6.09 Å². The van der Waals surface area contributed by atoms with E-state index in [4.69, 9.17) is 9.47 Å². The summed E-state index contributed by atoms with van der Waals surface area (Å²) in [5.41, 5.74) is 3.54. The van der Waals surface area contributed by atoms with Crippen molar-refractivity contribution in [2.45, 2.75) is 63.3 Å². The molecule has 3 atom stereocenters. The number of nitrogens with one attached hydrogen (secondary N) is 2. The van der Waals surface area contributed by atoms with Gasteiger partial charge in [0.25, 0.3) is 5.91 Å². The second kappa shape index (κ2) is 15.9. The van der Waals surface area contributed by atoms with Gasteiger partial charge in [-0.15, -0.1) is 11.8 Å². The van der Waals surface area contributed by atoms with Gasteiger partial charge in [-0.1, -0.05) is 84.9 Å². The number of amides is 3. The van der Waals surface area contributed by atoms with Crippen molar-refractivity contribution < 1.29 is 29.0 Å². The number of hydrogen-bond donors (Lipinski definition) is 3. The van der Waals surface area contributed by atoms with Gasteiger partial charge in [-0.05, 0) is 73.7 Å². The van der Waals surface area contributed by atoms with E-state index < -0.39 is 34.9 Å². The van der Waals surface area contributed by atoms with E-state index in [-0.39, 0.29) is 24.8 Å². The molecular weight excluding hydrogens is 627 g/mol. The van der Waals surface area contributed by atoms with Crippen LogP contribution in [0.15, 0.2) is 109 Å². The Morgan fingerprint density at radius 1 is 0.896 bits per heavy atom. The predicted octanol–water partition coefficient (Wildman–Crippen LogP) is 5.98. The van der Waals surface area contributed by atoms with Crippen molar-refractivity contribution in [1.82, 2.24) is 15.5 Å². The molecule has 0 unspecified atom stereocenters. The van der Waals surface area contributed by atoms with Gasteiger partial charge in [0.1, 0.15) is 24.1 Å². The molecule has 4 aromatic rings. The van der Waals surface area contributed by atoms with Crippen molar-refractivity contribution in [2.75, 3.05) is 5.88 Å². The fourth-order valence-corrected chi connectivity index (χ4v) is 6.76. The van der Waals surface area contributed by atoms with Crippen LogP contribution in [0.1, 0.15) is 36.1 Å². The number of carbonyl (C=O) groups excluding carboxylic acids is 3. The number of para-hydroxylation sites is 1. The summed E-state index contributed by atoms with van der Waals surface area (Å²) in [5.74, 6) is 0.543. The lowest BCUT2D eigenvalue weighted by Crippen LogP contribution is -2.58. The molecule has 3 amide bonds. The molecule has 0 radical (unpaired) electrons. The minimum Gasteiger partial charge on any atom is -0.457 e. The Kier molecular flexibility index (Phi) is 11.4. The number of thioether (sulfide) groups is 1. The molecule has 0 aliphatic carbocycles. The zero-order chi connectivity index (χ0) is 34.1. The van der Waals surface area contributed by atoms with Crippen molar-refractivity contribution in [2.24, 2.45) is 0 Å². The number of nitrogens with zero attached hydrogens (tertiary/aromatic N) is 1. The number of ether oxygens (including phenoxy) is 2. The van der Waals surface area contributed by atoms with Crippen LogP contribution >= 0.6 is 11.8 Å². The van der Waals surface area contributed by atoms with Crippen molar-refractivity contribution in [3.8, 4) is 11.5 Å². The number of carbonyl (C=O) groups is 3. The van der Waals surface area contributed by atoms with Crippen LogP contribution in [-0.2, 0) is 33.9 Å². The molecule has 0 aromatic heterocycles. The van der Waals surface area contributed by atoms with Crippen LogP contribution < -0.4 is 15.4 Å². The molecule has 10 heteroatoms. The van der Waals surface area contributed by atoms with E-state index in [0.717, 1.165) is 16.7 Å². The monoisotopic (exact) mass is 667 g/mol. The Labute approximate surface area is 285 Å². The van der Waals surface area contributed by atoms with Gasteiger partial charge in [0, 0.05) is 11.3 Å². The van der Waals surface area contributed by atoms with Gasteiger partial charge in [0.15, 0.2) is 6.10 Å². The third-order valence-electron chi connectivity index (χ3n) is 8.27. The second-order valence-electron chi connectivity index (χ2n) is 12.3. The number of rotatable bonds is 12. The van der Waals surface area contributed by atoms with Crippen molar-refractivity contribution in [3.63, 3.8) is 0 Å². The zero-order valence-electron chi connectivity index (χ0n) is 27.3. The van der Waals surface area contributed by atoms with Crippen LogP contribution in [0.4, 0.5) is 4.79 Å². The number of aliphatic hydroxyl groups is 1. The smallest absolute Gasteiger partial charge is 0.407 e. The molecule has 0 spiro atoms. The summed E-state index contributed by atoms with van der Waals surface area (Å²) in [6, 6.07) is 31.7. The zero-order valence-corrected chi connectivity index (χ0v) is 28.1. The molecule has 1 aliphatic rings. The quantitative estimate of drug-likeness (QED) is 0.170. The molecule has 1 saturated heterocycles. The average molecular weight is 668 g/mol. The first-order chi connectivity index (χ1) is 23.1. The topological polar surface area (TPSA) is 117 Å². The van der Waals surface area contributed by atoms with E-state index in [2.05, 4.69) is 10.6 Å². The first kappa shape index (κ1) is 34.5. The maximum absolute atomic E-state index is 13.9. The highest BCUT2D eigenvalue weighted by molar-refractivity contribution is 8.00. The maximum Gasteiger partial charge on any atom is 0.407 e. The predicted molar refractivity (Wildman–Crippen MR) is 186 cm³/mol. The van der Waals surface area contributed by atoms with Crippen LogP contribution in [-0.4, -0.2) is 56.7 Å². The minimum atomic E-state index is -1.64. The molecule has 9 nitrogen and oxygen atoms in total. The number of hydrogen-bond acceptors (Lipinski definition) is 7. The van der Waals surface area contributed by atoms with Crippen LogP contribution in [0.3, 0.4) is 0 Å². The lowest BCUT2D eigenvalue weighted by molar-refractivity contribution is -0.147. The highest BCUT2D eigenvalue weighted by Crippen LogP contribution is 2.40. The number of aryl methyl sites for hydroxylation is 1. The molecule has 1 fully saturated rings. The second-order valence-corrected chi connectivity index (χ2v) is 13.9.